The summed E-state index contributed by atoms with van der Waals surface area (Å²) < 4.78 is 5.40. The number of ether oxygens (including phenoxy) is 1. The van der Waals surface area contributed by atoms with Gasteiger partial charge in [-0.2, -0.15) is 0 Å². The van der Waals surface area contributed by atoms with Crippen molar-refractivity contribution in [2.24, 2.45) is 0 Å². The number of rotatable bonds is 4. The highest BCUT2D eigenvalue weighted by atomic mass is 16.5. The first-order chi connectivity index (χ1) is 8.25. The van der Waals surface area contributed by atoms with E-state index in [-0.39, 0.29) is 12.5 Å². The maximum absolute atomic E-state index is 11.7. The van der Waals surface area contributed by atoms with Crippen molar-refractivity contribution in [3.8, 4) is 0 Å². The van der Waals surface area contributed by atoms with Crippen LogP contribution in [0.3, 0.4) is 0 Å². The van der Waals surface area contributed by atoms with E-state index in [1.54, 1.807) is 0 Å². The van der Waals surface area contributed by atoms with Crippen molar-refractivity contribution < 1.29 is 9.53 Å². The number of amides is 1. The molecule has 0 spiro atoms. The Balaban J connectivity index is 1.72. The number of anilines is 1. The molecule has 1 amide bonds. The normalized spacial score (nSPS) is 15.2. The minimum atomic E-state index is 0.0953. The van der Waals surface area contributed by atoms with Gasteiger partial charge in [0.2, 0.25) is 5.91 Å². The van der Waals surface area contributed by atoms with Gasteiger partial charge in [0.1, 0.15) is 6.61 Å². The standard InChI is InChI=1S/C13H18N2O2/c14-12-5-3-11(4-6-12)9-17-10-13(16)15-7-1-2-8-15/h3-6H,1-2,7-10,14H2. The molecule has 4 heteroatoms. The summed E-state index contributed by atoms with van der Waals surface area (Å²) >= 11 is 0. The van der Waals surface area contributed by atoms with Crippen molar-refractivity contribution in [3.63, 3.8) is 0 Å². The highest BCUT2D eigenvalue weighted by Crippen LogP contribution is 2.09. The lowest BCUT2D eigenvalue weighted by Crippen LogP contribution is -2.31. The largest absolute Gasteiger partial charge is 0.399 e. The quantitative estimate of drug-likeness (QED) is 0.801. The molecule has 1 fully saturated rings. The zero-order chi connectivity index (χ0) is 12.1. The van der Waals surface area contributed by atoms with Gasteiger partial charge in [-0.3, -0.25) is 4.79 Å². The summed E-state index contributed by atoms with van der Waals surface area (Å²) in [6, 6.07) is 7.49. The molecule has 1 aromatic rings. The fourth-order valence-electron chi connectivity index (χ4n) is 1.93. The maximum atomic E-state index is 11.7. The van der Waals surface area contributed by atoms with E-state index in [9.17, 15) is 4.79 Å². The molecule has 92 valence electrons. The maximum Gasteiger partial charge on any atom is 0.248 e. The number of nitrogens with zero attached hydrogens (tertiary/aromatic N) is 1. The summed E-state index contributed by atoms with van der Waals surface area (Å²) in [4.78, 5) is 13.5. The molecule has 1 heterocycles. The fraction of sp³-hybridized carbons (Fsp3) is 0.462. The summed E-state index contributed by atoms with van der Waals surface area (Å²) in [7, 11) is 0. The number of carbonyl (C=O) groups is 1. The number of nitrogens with two attached hydrogens (primary N) is 1. The Labute approximate surface area is 101 Å². The number of likely N-dealkylation sites (tertiary alicyclic amines) is 1. The molecule has 0 radical (unpaired) electrons. The first kappa shape index (κ1) is 11.9. The van der Waals surface area contributed by atoms with Crippen LogP contribution in [-0.2, 0) is 16.1 Å². The van der Waals surface area contributed by atoms with Crippen LogP contribution in [0.15, 0.2) is 24.3 Å². The molecule has 1 aromatic carbocycles. The van der Waals surface area contributed by atoms with E-state index >= 15 is 0 Å². The number of nitrogen functional groups attached to an aromatic ring is 1. The lowest BCUT2D eigenvalue weighted by molar-refractivity contribution is -0.135. The highest BCUT2D eigenvalue weighted by Gasteiger charge is 2.17. The zero-order valence-corrected chi connectivity index (χ0v) is 9.89. The average Bonchev–Trinajstić information content (AvgIpc) is 2.85. The van der Waals surface area contributed by atoms with Crippen molar-refractivity contribution in [2.45, 2.75) is 19.4 Å². The Bertz CT molecular complexity index is 370. The van der Waals surface area contributed by atoms with Gasteiger partial charge in [-0.25, -0.2) is 0 Å². The van der Waals surface area contributed by atoms with E-state index < -0.39 is 0 Å². The molecule has 2 N–H and O–H groups in total. The topological polar surface area (TPSA) is 55.6 Å². The van der Waals surface area contributed by atoms with Crippen LogP contribution in [0.4, 0.5) is 5.69 Å². The predicted octanol–water partition coefficient (Wildman–Crippen LogP) is 1.41. The summed E-state index contributed by atoms with van der Waals surface area (Å²) in [5.74, 6) is 0.0953. The third-order valence-corrected chi connectivity index (χ3v) is 2.93. The van der Waals surface area contributed by atoms with Crippen LogP contribution in [-0.4, -0.2) is 30.5 Å². The monoisotopic (exact) mass is 234 g/mol. The van der Waals surface area contributed by atoms with E-state index in [0.29, 0.717) is 6.61 Å². The molecule has 2 rings (SSSR count). The summed E-state index contributed by atoms with van der Waals surface area (Å²) in [6.45, 7) is 2.39. The Hall–Kier alpha value is -1.55. The van der Waals surface area contributed by atoms with Gasteiger partial charge in [0.15, 0.2) is 0 Å². The summed E-state index contributed by atoms with van der Waals surface area (Å²) in [6.07, 6.45) is 2.23. The molecule has 1 aliphatic rings. The van der Waals surface area contributed by atoms with E-state index in [0.717, 1.165) is 37.2 Å². The Morgan fingerprint density at radius 1 is 1.24 bits per heavy atom. The molecule has 0 atom stereocenters. The molecular formula is C13H18N2O2. The van der Waals surface area contributed by atoms with Crippen LogP contribution in [0.1, 0.15) is 18.4 Å². The molecule has 0 saturated carbocycles. The van der Waals surface area contributed by atoms with E-state index in [2.05, 4.69) is 0 Å². The smallest absolute Gasteiger partial charge is 0.248 e. The van der Waals surface area contributed by atoms with Gasteiger partial charge in [-0.15, -0.1) is 0 Å². The van der Waals surface area contributed by atoms with Crippen molar-refractivity contribution >= 4 is 11.6 Å². The molecular weight excluding hydrogens is 216 g/mol. The molecule has 0 bridgehead atoms. The van der Waals surface area contributed by atoms with Crippen LogP contribution in [0.5, 0.6) is 0 Å². The Kier molecular flexibility index (Phi) is 3.98. The summed E-state index contributed by atoms with van der Waals surface area (Å²) in [5, 5.41) is 0. The van der Waals surface area contributed by atoms with Crippen LogP contribution < -0.4 is 5.73 Å². The van der Waals surface area contributed by atoms with Crippen molar-refractivity contribution in [2.75, 3.05) is 25.4 Å². The number of hydrogen-bond donors (Lipinski definition) is 1. The van der Waals surface area contributed by atoms with Crippen LogP contribution in [0.25, 0.3) is 0 Å². The van der Waals surface area contributed by atoms with Gasteiger partial charge in [-0.05, 0) is 30.5 Å². The zero-order valence-electron chi connectivity index (χ0n) is 9.89. The van der Waals surface area contributed by atoms with Gasteiger partial charge in [0, 0.05) is 18.8 Å². The van der Waals surface area contributed by atoms with Gasteiger partial charge in [-0.1, -0.05) is 12.1 Å². The Morgan fingerprint density at radius 3 is 2.53 bits per heavy atom. The van der Waals surface area contributed by atoms with Gasteiger partial charge < -0.3 is 15.4 Å². The highest BCUT2D eigenvalue weighted by molar-refractivity contribution is 5.77. The fourth-order valence-corrected chi connectivity index (χ4v) is 1.93. The van der Waals surface area contributed by atoms with E-state index in [1.165, 1.54) is 0 Å². The third-order valence-electron chi connectivity index (χ3n) is 2.93. The van der Waals surface area contributed by atoms with Crippen molar-refractivity contribution in [1.29, 1.82) is 0 Å². The van der Waals surface area contributed by atoms with Gasteiger partial charge in [0.05, 0.1) is 6.61 Å². The average molecular weight is 234 g/mol. The van der Waals surface area contributed by atoms with Crippen LogP contribution in [0.2, 0.25) is 0 Å². The Morgan fingerprint density at radius 2 is 1.88 bits per heavy atom. The molecule has 1 saturated heterocycles. The molecule has 17 heavy (non-hydrogen) atoms. The second-order valence-corrected chi connectivity index (χ2v) is 4.32. The lowest BCUT2D eigenvalue weighted by atomic mass is 10.2. The number of carbonyl (C=O) groups excluding carboxylic acids is 1. The molecule has 4 nitrogen and oxygen atoms in total. The van der Waals surface area contributed by atoms with Crippen molar-refractivity contribution in [1.82, 2.24) is 4.90 Å². The third kappa shape index (κ3) is 3.46. The second-order valence-electron chi connectivity index (χ2n) is 4.32. The molecule has 0 aliphatic carbocycles. The minimum absolute atomic E-state index is 0.0953. The summed E-state index contributed by atoms with van der Waals surface area (Å²) in [5.41, 5.74) is 7.36. The molecule has 0 unspecified atom stereocenters. The first-order valence-corrected chi connectivity index (χ1v) is 5.95. The SMILES string of the molecule is Nc1ccc(COCC(=O)N2CCCC2)cc1. The molecule has 1 aliphatic heterocycles. The van der Waals surface area contributed by atoms with Crippen molar-refractivity contribution in [3.05, 3.63) is 29.8 Å². The van der Waals surface area contributed by atoms with Gasteiger partial charge in [0.25, 0.3) is 0 Å². The predicted molar refractivity (Wildman–Crippen MR) is 66.3 cm³/mol. The lowest BCUT2D eigenvalue weighted by Gasteiger charge is -2.15. The first-order valence-electron chi connectivity index (χ1n) is 5.95. The van der Waals surface area contributed by atoms with Crippen LogP contribution in [0, 0.1) is 0 Å². The van der Waals surface area contributed by atoms with Crippen LogP contribution >= 0.6 is 0 Å². The van der Waals surface area contributed by atoms with E-state index in [1.807, 2.05) is 29.2 Å². The number of hydrogen-bond acceptors (Lipinski definition) is 3. The molecule has 0 aromatic heterocycles. The van der Waals surface area contributed by atoms with Gasteiger partial charge >= 0.3 is 0 Å². The second kappa shape index (κ2) is 5.68. The minimum Gasteiger partial charge on any atom is -0.399 e. The van der Waals surface area contributed by atoms with E-state index in [4.69, 9.17) is 10.5 Å². The number of benzene rings is 1.